The van der Waals surface area contributed by atoms with E-state index in [2.05, 4.69) is 5.32 Å². The molecule has 2 aromatic heterocycles. The SMILES string of the molecule is N#Cc1ccsc1NC(=O)Cn1cc([N+](=O)[O-])ccc1=O. The number of nitriles is 1. The van der Waals surface area contributed by atoms with Crippen molar-refractivity contribution in [2.45, 2.75) is 6.54 Å². The molecule has 0 atom stereocenters. The number of pyridine rings is 1. The molecule has 0 aromatic carbocycles. The van der Waals surface area contributed by atoms with E-state index in [1.165, 1.54) is 11.3 Å². The molecule has 21 heavy (non-hydrogen) atoms. The summed E-state index contributed by atoms with van der Waals surface area (Å²) in [6.45, 7) is -0.372. The lowest BCUT2D eigenvalue weighted by Gasteiger charge is -2.06. The average molecular weight is 304 g/mol. The largest absolute Gasteiger partial charge is 0.315 e. The molecule has 8 nitrogen and oxygen atoms in total. The summed E-state index contributed by atoms with van der Waals surface area (Å²) in [6, 6.07) is 5.57. The summed E-state index contributed by atoms with van der Waals surface area (Å²) in [6.07, 6.45) is 1.00. The summed E-state index contributed by atoms with van der Waals surface area (Å²) in [5.74, 6) is -0.545. The number of thiophene rings is 1. The van der Waals surface area contributed by atoms with Gasteiger partial charge in [0, 0.05) is 12.1 Å². The smallest absolute Gasteiger partial charge is 0.285 e. The first-order valence-electron chi connectivity index (χ1n) is 5.63. The van der Waals surface area contributed by atoms with E-state index in [0.717, 1.165) is 22.9 Å². The van der Waals surface area contributed by atoms with E-state index in [0.29, 0.717) is 10.6 Å². The first-order chi connectivity index (χ1) is 10.0. The average Bonchev–Trinajstić information content (AvgIpc) is 2.88. The van der Waals surface area contributed by atoms with Crippen molar-refractivity contribution in [3.8, 4) is 6.07 Å². The lowest BCUT2D eigenvalue weighted by molar-refractivity contribution is -0.385. The van der Waals surface area contributed by atoms with E-state index in [4.69, 9.17) is 5.26 Å². The normalized spacial score (nSPS) is 9.86. The zero-order chi connectivity index (χ0) is 15.4. The number of carbonyl (C=O) groups is 1. The van der Waals surface area contributed by atoms with Crippen molar-refractivity contribution in [1.82, 2.24) is 4.57 Å². The van der Waals surface area contributed by atoms with Gasteiger partial charge in [-0.2, -0.15) is 5.26 Å². The Morgan fingerprint density at radius 2 is 2.24 bits per heavy atom. The Hall–Kier alpha value is -2.99. The molecule has 1 N–H and O–H groups in total. The molecule has 2 rings (SSSR count). The van der Waals surface area contributed by atoms with Gasteiger partial charge in [0.1, 0.15) is 17.6 Å². The van der Waals surface area contributed by atoms with E-state index in [-0.39, 0.29) is 12.2 Å². The van der Waals surface area contributed by atoms with Gasteiger partial charge in [0.2, 0.25) is 5.91 Å². The Bertz CT molecular complexity index is 802. The van der Waals surface area contributed by atoms with E-state index in [9.17, 15) is 19.7 Å². The first kappa shape index (κ1) is 14.4. The number of anilines is 1. The van der Waals surface area contributed by atoms with E-state index in [1.807, 2.05) is 6.07 Å². The van der Waals surface area contributed by atoms with Crippen LogP contribution in [0.1, 0.15) is 5.56 Å². The van der Waals surface area contributed by atoms with Crippen molar-refractivity contribution in [1.29, 1.82) is 5.26 Å². The van der Waals surface area contributed by atoms with Crippen molar-refractivity contribution in [2.24, 2.45) is 0 Å². The fourth-order valence-electron chi connectivity index (χ4n) is 1.57. The molecule has 0 aliphatic heterocycles. The predicted octanol–water partition coefficient (Wildman–Crippen LogP) is 1.33. The van der Waals surface area contributed by atoms with Crippen LogP contribution in [-0.4, -0.2) is 15.4 Å². The molecule has 9 heteroatoms. The van der Waals surface area contributed by atoms with Crippen LogP contribution in [0.3, 0.4) is 0 Å². The summed E-state index contributed by atoms with van der Waals surface area (Å²) >= 11 is 1.18. The van der Waals surface area contributed by atoms with Gasteiger partial charge in [0.05, 0.1) is 16.7 Å². The van der Waals surface area contributed by atoms with Gasteiger partial charge in [0.25, 0.3) is 11.2 Å². The summed E-state index contributed by atoms with van der Waals surface area (Å²) in [5.41, 5.74) is -0.488. The standard InChI is InChI=1S/C12H8N4O4S/c13-5-8-3-4-21-12(8)14-10(17)7-15-6-9(16(19)20)1-2-11(15)18/h1-4,6H,7H2,(H,14,17). The van der Waals surface area contributed by atoms with Gasteiger partial charge in [-0.05, 0) is 11.4 Å². The van der Waals surface area contributed by atoms with Gasteiger partial charge in [0.15, 0.2) is 0 Å². The number of nitro groups is 1. The van der Waals surface area contributed by atoms with Crippen LogP contribution in [0.5, 0.6) is 0 Å². The zero-order valence-corrected chi connectivity index (χ0v) is 11.3. The third-order valence-electron chi connectivity index (χ3n) is 2.53. The molecule has 1 amide bonds. The van der Waals surface area contributed by atoms with Crippen LogP contribution in [-0.2, 0) is 11.3 Å². The highest BCUT2D eigenvalue weighted by atomic mass is 32.1. The van der Waals surface area contributed by atoms with Crippen molar-refractivity contribution in [3.05, 3.63) is 55.8 Å². The van der Waals surface area contributed by atoms with Gasteiger partial charge < -0.3 is 5.32 Å². The summed E-state index contributed by atoms with van der Waals surface area (Å²) in [5, 5.41) is 24.0. The second-order valence-electron chi connectivity index (χ2n) is 3.93. The Kier molecular flexibility index (Phi) is 4.10. The summed E-state index contributed by atoms with van der Waals surface area (Å²) < 4.78 is 0.938. The van der Waals surface area contributed by atoms with E-state index in [1.54, 1.807) is 11.4 Å². The van der Waals surface area contributed by atoms with Crippen molar-refractivity contribution >= 4 is 27.9 Å². The number of amides is 1. The van der Waals surface area contributed by atoms with Crippen LogP contribution < -0.4 is 10.9 Å². The van der Waals surface area contributed by atoms with Crippen LogP contribution in [0.15, 0.2) is 34.6 Å². The van der Waals surface area contributed by atoms with Gasteiger partial charge in [-0.25, -0.2) is 0 Å². The number of nitrogens with zero attached hydrogens (tertiary/aromatic N) is 3. The Morgan fingerprint density at radius 1 is 1.48 bits per heavy atom. The number of aromatic nitrogens is 1. The fourth-order valence-corrected chi connectivity index (χ4v) is 2.32. The molecule has 0 fully saturated rings. The maximum Gasteiger partial charge on any atom is 0.285 e. The summed E-state index contributed by atoms with van der Waals surface area (Å²) in [4.78, 5) is 33.4. The second kappa shape index (κ2) is 5.98. The topological polar surface area (TPSA) is 118 Å². The minimum absolute atomic E-state index is 0.281. The molecule has 0 unspecified atom stereocenters. The van der Waals surface area contributed by atoms with Gasteiger partial charge in [-0.1, -0.05) is 0 Å². The number of hydrogen-bond donors (Lipinski definition) is 1. The molecule has 0 spiro atoms. The molecule has 0 aliphatic carbocycles. The maximum atomic E-state index is 11.8. The van der Waals surface area contributed by atoms with Crippen LogP contribution in [0.2, 0.25) is 0 Å². The first-order valence-corrected chi connectivity index (χ1v) is 6.51. The van der Waals surface area contributed by atoms with Crippen LogP contribution in [0, 0.1) is 21.4 Å². The van der Waals surface area contributed by atoms with Crippen molar-refractivity contribution < 1.29 is 9.72 Å². The molecule has 0 aliphatic rings. The molecule has 0 radical (unpaired) electrons. The van der Waals surface area contributed by atoms with Gasteiger partial charge in [-0.15, -0.1) is 11.3 Å². The molecule has 2 heterocycles. The third kappa shape index (κ3) is 3.31. The van der Waals surface area contributed by atoms with E-state index < -0.39 is 16.4 Å². The predicted molar refractivity (Wildman–Crippen MR) is 75.0 cm³/mol. The number of carbonyl (C=O) groups excluding carboxylic acids is 1. The highest BCUT2D eigenvalue weighted by Crippen LogP contribution is 2.21. The maximum absolute atomic E-state index is 11.8. The van der Waals surface area contributed by atoms with Crippen LogP contribution in [0.25, 0.3) is 0 Å². The van der Waals surface area contributed by atoms with Crippen molar-refractivity contribution in [3.63, 3.8) is 0 Å². The molecule has 0 bridgehead atoms. The molecule has 0 saturated heterocycles. The van der Waals surface area contributed by atoms with Gasteiger partial charge >= 0.3 is 0 Å². The minimum Gasteiger partial charge on any atom is -0.315 e. The lowest BCUT2D eigenvalue weighted by Crippen LogP contribution is -2.26. The van der Waals surface area contributed by atoms with Gasteiger partial charge in [-0.3, -0.25) is 24.3 Å². The molecular weight excluding hydrogens is 296 g/mol. The number of hydrogen-bond acceptors (Lipinski definition) is 6. The highest BCUT2D eigenvalue weighted by molar-refractivity contribution is 7.14. The molecule has 106 valence electrons. The summed E-state index contributed by atoms with van der Waals surface area (Å²) in [7, 11) is 0. The Morgan fingerprint density at radius 3 is 2.90 bits per heavy atom. The van der Waals surface area contributed by atoms with Crippen LogP contribution >= 0.6 is 11.3 Å². The lowest BCUT2D eigenvalue weighted by atomic mass is 10.3. The zero-order valence-electron chi connectivity index (χ0n) is 10.5. The molecule has 2 aromatic rings. The molecule has 0 saturated carbocycles. The van der Waals surface area contributed by atoms with Crippen LogP contribution in [0.4, 0.5) is 10.7 Å². The highest BCUT2D eigenvalue weighted by Gasteiger charge is 2.12. The van der Waals surface area contributed by atoms with Crippen molar-refractivity contribution in [2.75, 3.05) is 5.32 Å². The Labute approximate surface area is 122 Å². The third-order valence-corrected chi connectivity index (χ3v) is 3.36. The minimum atomic E-state index is -0.652. The monoisotopic (exact) mass is 304 g/mol. The number of rotatable bonds is 4. The number of nitrogens with one attached hydrogen (secondary N) is 1. The fraction of sp³-hybridized carbons (Fsp3) is 0.0833. The molecular formula is C12H8N4O4S. The Balaban J connectivity index is 2.17. The quantitative estimate of drug-likeness (QED) is 0.675. The van der Waals surface area contributed by atoms with E-state index >= 15 is 0 Å². The second-order valence-corrected chi connectivity index (χ2v) is 4.85.